The Kier molecular flexibility index (Phi) is 6.92. The van der Waals surface area contributed by atoms with Crippen molar-refractivity contribution in [1.29, 1.82) is 0 Å². The van der Waals surface area contributed by atoms with Gasteiger partial charge in [0.2, 0.25) is 0 Å². The van der Waals surface area contributed by atoms with Crippen molar-refractivity contribution in [2.75, 3.05) is 10.6 Å². The van der Waals surface area contributed by atoms with Crippen molar-refractivity contribution in [2.24, 2.45) is 0 Å². The molecule has 0 aromatic heterocycles. The maximum Gasteiger partial charge on any atom is 0.197 e. The van der Waals surface area contributed by atoms with Crippen LogP contribution in [-0.2, 0) is 4.79 Å². The summed E-state index contributed by atoms with van der Waals surface area (Å²) in [4.78, 5) is 13.9. The maximum atomic E-state index is 13.9. The van der Waals surface area contributed by atoms with Crippen molar-refractivity contribution >= 4 is 28.3 Å². The van der Waals surface area contributed by atoms with E-state index < -0.39 is 0 Å². The second-order valence-corrected chi connectivity index (χ2v) is 7.20. The van der Waals surface area contributed by atoms with E-state index in [1.807, 2.05) is 121 Å². The normalized spacial score (nSPS) is 11.6. The number of carbonyl (C=O) groups is 1. The molecule has 0 saturated carbocycles. The molecular formula is C29H24N2O. The van der Waals surface area contributed by atoms with Crippen LogP contribution in [0.15, 0.2) is 134 Å². The molecule has 0 heterocycles. The Bertz CT molecular complexity index is 1100. The van der Waals surface area contributed by atoms with Gasteiger partial charge < -0.3 is 10.6 Å². The average Bonchev–Trinajstić information content (AvgIpc) is 2.87. The SMILES string of the molecule is O=C(/C(=C/Nc1ccccc1)c1ccccc1)/C(=C/Nc1ccccc1)c1ccccc1. The molecule has 3 nitrogen and oxygen atoms in total. The van der Waals surface area contributed by atoms with E-state index in [1.165, 1.54) is 0 Å². The largest absolute Gasteiger partial charge is 0.361 e. The van der Waals surface area contributed by atoms with Gasteiger partial charge in [-0.05, 0) is 35.4 Å². The molecule has 0 aliphatic heterocycles. The molecule has 0 atom stereocenters. The van der Waals surface area contributed by atoms with E-state index in [9.17, 15) is 4.79 Å². The number of anilines is 2. The van der Waals surface area contributed by atoms with Crippen LogP contribution in [0.2, 0.25) is 0 Å². The summed E-state index contributed by atoms with van der Waals surface area (Å²) >= 11 is 0. The minimum atomic E-state index is -0.0748. The zero-order valence-electron chi connectivity index (χ0n) is 17.6. The molecule has 0 amide bonds. The van der Waals surface area contributed by atoms with E-state index >= 15 is 0 Å². The third-order valence-corrected chi connectivity index (χ3v) is 4.97. The Morgan fingerprint density at radius 2 is 0.781 bits per heavy atom. The molecule has 0 fully saturated rings. The summed E-state index contributed by atoms with van der Waals surface area (Å²) in [5, 5.41) is 6.55. The Balaban J connectivity index is 1.74. The van der Waals surface area contributed by atoms with Gasteiger partial charge in [-0.25, -0.2) is 0 Å². The third kappa shape index (κ3) is 5.41. The lowest BCUT2D eigenvalue weighted by Crippen LogP contribution is -2.09. The van der Waals surface area contributed by atoms with Gasteiger partial charge in [0.05, 0.1) is 0 Å². The number of nitrogens with one attached hydrogen (secondary N) is 2. The lowest BCUT2D eigenvalue weighted by molar-refractivity contribution is -0.108. The minimum Gasteiger partial charge on any atom is -0.361 e. The first-order valence-electron chi connectivity index (χ1n) is 10.5. The van der Waals surface area contributed by atoms with Gasteiger partial charge in [-0.15, -0.1) is 0 Å². The number of allylic oxidation sites excluding steroid dienone is 2. The fraction of sp³-hybridized carbons (Fsp3) is 0. The van der Waals surface area contributed by atoms with Gasteiger partial charge in [0, 0.05) is 34.9 Å². The Hall–Kier alpha value is -4.37. The molecule has 0 aliphatic carbocycles. The monoisotopic (exact) mass is 416 g/mol. The maximum absolute atomic E-state index is 13.9. The molecule has 0 bridgehead atoms. The summed E-state index contributed by atoms with van der Waals surface area (Å²) in [6, 6.07) is 39.1. The van der Waals surface area contributed by atoms with Crippen molar-refractivity contribution in [1.82, 2.24) is 0 Å². The molecule has 3 heteroatoms. The quantitative estimate of drug-likeness (QED) is 0.308. The highest BCUT2D eigenvalue weighted by molar-refractivity contribution is 6.42. The molecule has 156 valence electrons. The molecule has 0 radical (unpaired) electrons. The lowest BCUT2D eigenvalue weighted by atomic mass is 9.93. The zero-order valence-corrected chi connectivity index (χ0v) is 17.6. The number of para-hydroxylation sites is 2. The first-order valence-corrected chi connectivity index (χ1v) is 10.5. The van der Waals surface area contributed by atoms with Crippen LogP contribution in [-0.4, -0.2) is 5.78 Å². The van der Waals surface area contributed by atoms with Crippen molar-refractivity contribution in [3.63, 3.8) is 0 Å². The highest BCUT2D eigenvalue weighted by Crippen LogP contribution is 2.26. The topological polar surface area (TPSA) is 41.1 Å². The molecule has 0 spiro atoms. The van der Waals surface area contributed by atoms with Gasteiger partial charge in [0.15, 0.2) is 5.78 Å². The summed E-state index contributed by atoms with van der Waals surface area (Å²) in [5.41, 5.74) is 4.70. The van der Waals surface area contributed by atoms with Crippen molar-refractivity contribution in [3.05, 3.63) is 145 Å². The molecule has 4 rings (SSSR count). The standard InChI is InChI=1S/C29H24N2O/c32-29(27(23-13-5-1-6-14-23)21-30-25-17-9-3-10-18-25)28(24-15-7-2-8-16-24)22-31-26-19-11-4-12-20-26/h1-22,30-31H/b27-21+,28-22+. The molecule has 0 unspecified atom stereocenters. The van der Waals surface area contributed by atoms with Gasteiger partial charge in [-0.1, -0.05) is 97.1 Å². The number of carbonyl (C=O) groups excluding carboxylic acids is 1. The molecular weight excluding hydrogens is 392 g/mol. The Morgan fingerprint density at radius 1 is 0.469 bits per heavy atom. The fourth-order valence-corrected chi connectivity index (χ4v) is 3.32. The van der Waals surface area contributed by atoms with E-state index in [2.05, 4.69) is 10.6 Å². The van der Waals surface area contributed by atoms with Gasteiger partial charge in [0.1, 0.15) is 0 Å². The number of hydrogen-bond acceptors (Lipinski definition) is 3. The number of ketones is 1. The second-order valence-electron chi connectivity index (χ2n) is 7.20. The predicted octanol–water partition coefficient (Wildman–Crippen LogP) is 6.86. The van der Waals surface area contributed by atoms with E-state index in [0.717, 1.165) is 22.5 Å². The lowest BCUT2D eigenvalue weighted by Gasteiger charge is -2.13. The summed E-state index contributed by atoms with van der Waals surface area (Å²) in [7, 11) is 0. The van der Waals surface area contributed by atoms with Crippen LogP contribution >= 0.6 is 0 Å². The Labute approximate surface area is 188 Å². The van der Waals surface area contributed by atoms with Crippen LogP contribution in [0.1, 0.15) is 11.1 Å². The number of Topliss-reactive ketones (excluding diaryl/α,β-unsaturated/α-hetero) is 1. The van der Waals surface area contributed by atoms with E-state index in [-0.39, 0.29) is 5.78 Å². The molecule has 4 aromatic rings. The summed E-state index contributed by atoms with van der Waals surface area (Å²) < 4.78 is 0. The highest BCUT2D eigenvalue weighted by atomic mass is 16.1. The Morgan fingerprint density at radius 3 is 1.12 bits per heavy atom. The molecule has 0 saturated heterocycles. The fourth-order valence-electron chi connectivity index (χ4n) is 3.32. The second kappa shape index (κ2) is 10.6. The molecule has 32 heavy (non-hydrogen) atoms. The van der Waals surface area contributed by atoms with E-state index in [0.29, 0.717) is 11.1 Å². The molecule has 2 N–H and O–H groups in total. The number of hydrogen-bond donors (Lipinski definition) is 2. The summed E-state index contributed by atoms with van der Waals surface area (Å²) in [5.74, 6) is -0.0748. The van der Waals surface area contributed by atoms with Crippen LogP contribution in [0.4, 0.5) is 11.4 Å². The summed E-state index contributed by atoms with van der Waals surface area (Å²) in [6.45, 7) is 0. The first kappa shape index (κ1) is 20.9. The summed E-state index contributed by atoms with van der Waals surface area (Å²) in [6.07, 6.45) is 3.57. The van der Waals surface area contributed by atoms with Gasteiger partial charge in [-0.3, -0.25) is 4.79 Å². The van der Waals surface area contributed by atoms with Crippen LogP contribution in [0.25, 0.3) is 11.1 Å². The minimum absolute atomic E-state index is 0.0748. The van der Waals surface area contributed by atoms with Crippen LogP contribution < -0.4 is 10.6 Å². The van der Waals surface area contributed by atoms with Crippen LogP contribution in [0.5, 0.6) is 0 Å². The predicted molar refractivity (Wildman–Crippen MR) is 134 cm³/mol. The highest BCUT2D eigenvalue weighted by Gasteiger charge is 2.19. The zero-order chi connectivity index (χ0) is 22.0. The number of rotatable bonds is 8. The first-order chi connectivity index (χ1) is 15.8. The molecule has 4 aromatic carbocycles. The number of benzene rings is 4. The third-order valence-electron chi connectivity index (χ3n) is 4.97. The smallest absolute Gasteiger partial charge is 0.197 e. The van der Waals surface area contributed by atoms with Crippen LogP contribution in [0, 0.1) is 0 Å². The van der Waals surface area contributed by atoms with Crippen molar-refractivity contribution in [2.45, 2.75) is 0 Å². The van der Waals surface area contributed by atoms with Gasteiger partial charge in [0.25, 0.3) is 0 Å². The van der Waals surface area contributed by atoms with E-state index in [1.54, 1.807) is 12.4 Å². The van der Waals surface area contributed by atoms with Crippen molar-refractivity contribution < 1.29 is 4.79 Å². The van der Waals surface area contributed by atoms with Crippen molar-refractivity contribution in [3.8, 4) is 0 Å². The van der Waals surface area contributed by atoms with Gasteiger partial charge in [-0.2, -0.15) is 0 Å². The van der Waals surface area contributed by atoms with Crippen LogP contribution in [0.3, 0.4) is 0 Å². The van der Waals surface area contributed by atoms with Gasteiger partial charge >= 0.3 is 0 Å². The van der Waals surface area contributed by atoms with E-state index in [4.69, 9.17) is 0 Å². The average molecular weight is 417 g/mol. The molecule has 0 aliphatic rings.